The molecule has 27 heavy (non-hydrogen) atoms. The van der Waals surface area contributed by atoms with Gasteiger partial charge in [0, 0.05) is 31.7 Å². The minimum Gasteiger partial charge on any atom is -0.356 e. The van der Waals surface area contributed by atoms with Crippen molar-refractivity contribution in [1.82, 2.24) is 15.2 Å². The van der Waals surface area contributed by atoms with E-state index in [1.165, 1.54) is 17.8 Å². The predicted molar refractivity (Wildman–Crippen MR) is 107 cm³/mol. The van der Waals surface area contributed by atoms with Crippen LogP contribution in [0.25, 0.3) is 10.9 Å². The lowest BCUT2D eigenvalue weighted by Gasteiger charge is -2.18. The van der Waals surface area contributed by atoms with E-state index < -0.39 is 0 Å². The minimum absolute atomic E-state index is 0.0602. The number of hydrogen-bond donors (Lipinski definition) is 2. The van der Waals surface area contributed by atoms with Crippen molar-refractivity contribution in [2.24, 2.45) is 0 Å². The molecule has 0 saturated heterocycles. The Bertz CT molecular complexity index is 902. The van der Waals surface area contributed by atoms with Crippen LogP contribution in [0.4, 0.5) is 0 Å². The zero-order chi connectivity index (χ0) is 19.1. The molecule has 5 heteroatoms. The summed E-state index contributed by atoms with van der Waals surface area (Å²) in [6.45, 7) is 2.92. The van der Waals surface area contributed by atoms with Gasteiger partial charge in [-0.3, -0.25) is 9.59 Å². The zero-order valence-corrected chi connectivity index (χ0v) is 15.5. The van der Waals surface area contributed by atoms with Crippen molar-refractivity contribution in [3.05, 3.63) is 72.4 Å². The minimum atomic E-state index is -0.308. The summed E-state index contributed by atoms with van der Waals surface area (Å²) in [5.41, 5.74) is 2.14. The van der Waals surface area contributed by atoms with Crippen molar-refractivity contribution in [2.45, 2.75) is 32.4 Å². The fourth-order valence-electron chi connectivity index (χ4n) is 3.25. The highest BCUT2D eigenvalue weighted by Gasteiger charge is 2.16. The molecule has 0 aliphatic carbocycles. The van der Waals surface area contributed by atoms with E-state index in [1.807, 2.05) is 42.5 Å². The molecule has 0 radical (unpaired) electrons. The molecule has 2 N–H and O–H groups in total. The number of nitrogens with zero attached hydrogens (tertiary/aromatic N) is 1. The van der Waals surface area contributed by atoms with Crippen molar-refractivity contribution in [3.8, 4) is 0 Å². The first kappa shape index (κ1) is 18.7. The summed E-state index contributed by atoms with van der Waals surface area (Å²) in [4.78, 5) is 23.8. The molecule has 140 valence electrons. The van der Waals surface area contributed by atoms with E-state index in [2.05, 4.69) is 39.6 Å². The molecule has 0 aliphatic heterocycles. The van der Waals surface area contributed by atoms with E-state index in [1.54, 1.807) is 0 Å². The van der Waals surface area contributed by atoms with Gasteiger partial charge in [-0.25, -0.2) is 0 Å². The third-order valence-corrected chi connectivity index (χ3v) is 4.55. The lowest BCUT2D eigenvalue weighted by Crippen LogP contribution is -2.33. The first-order chi connectivity index (χ1) is 13.1. The third kappa shape index (κ3) is 5.20. The summed E-state index contributed by atoms with van der Waals surface area (Å²) >= 11 is 0. The topological polar surface area (TPSA) is 63.1 Å². The molecule has 5 nitrogen and oxygen atoms in total. The van der Waals surface area contributed by atoms with Gasteiger partial charge >= 0.3 is 0 Å². The molecule has 1 atom stereocenters. The van der Waals surface area contributed by atoms with Gasteiger partial charge in [0.15, 0.2) is 0 Å². The Labute approximate surface area is 159 Å². The van der Waals surface area contributed by atoms with E-state index in [4.69, 9.17) is 0 Å². The Balaban J connectivity index is 1.48. The van der Waals surface area contributed by atoms with Crippen molar-refractivity contribution in [2.75, 3.05) is 6.54 Å². The van der Waals surface area contributed by atoms with Crippen LogP contribution >= 0.6 is 0 Å². The van der Waals surface area contributed by atoms with Gasteiger partial charge in [-0.05, 0) is 29.5 Å². The summed E-state index contributed by atoms with van der Waals surface area (Å²) in [5, 5.41) is 7.04. The number of amides is 2. The molecule has 1 aromatic heterocycles. The van der Waals surface area contributed by atoms with Gasteiger partial charge in [-0.1, -0.05) is 48.5 Å². The maximum atomic E-state index is 12.3. The average Bonchev–Trinajstić information content (AvgIpc) is 3.08. The van der Waals surface area contributed by atoms with Crippen LogP contribution in [0.15, 0.2) is 66.9 Å². The Morgan fingerprint density at radius 1 is 1.00 bits per heavy atom. The number of hydrogen-bond acceptors (Lipinski definition) is 2. The predicted octanol–water partition coefficient (Wildman–Crippen LogP) is 3.42. The average molecular weight is 363 g/mol. The second-order valence-corrected chi connectivity index (χ2v) is 6.64. The highest BCUT2D eigenvalue weighted by atomic mass is 16.2. The van der Waals surface area contributed by atoms with Crippen LogP contribution in [0.5, 0.6) is 0 Å². The molecule has 3 rings (SSSR count). The molecule has 2 amide bonds. The highest BCUT2D eigenvalue weighted by Crippen LogP contribution is 2.17. The molecular weight excluding hydrogens is 338 g/mol. The SMILES string of the molecule is CC(=O)N[C@H](CC(=O)NCCCn1ccc2ccccc21)c1ccccc1. The Hall–Kier alpha value is -3.08. The van der Waals surface area contributed by atoms with E-state index in [0.29, 0.717) is 6.54 Å². The molecule has 3 aromatic rings. The van der Waals surface area contributed by atoms with Crippen LogP contribution in [0.3, 0.4) is 0 Å². The summed E-state index contributed by atoms with van der Waals surface area (Å²) < 4.78 is 2.20. The number of fused-ring (bicyclic) bond motifs is 1. The number of rotatable bonds is 8. The number of para-hydroxylation sites is 1. The summed E-state index contributed by atoms with van der Waals surface area (Å²) in [6, 6.07) is 19.6. The first-order valence-electron chi connectivity index (χ1n) is 9.26. The van der Waals surface area contributed by atoms with E-state index in [9.17, 15) is 9.59 Å². The Morgan fingerprint density at radius 2 is 1.74 bits per heavy atom. The zero-order valence-electron chi connectivity index (χ0n) is 15.5. The first-order valence-corrected chi connectivity index (χ1v) is 9.26. The van der Waals surface area contributed by atoms with Gasteiger partial charge in [-0.15, -0.1) is 0 Å². The maximum Gasteiger partial charge on any atom is 0.222 e. The number of carbonyl (C=O) groups is 2. The standard InChI is InChI=1S/C22H25N3O2/c1-17(26)24-20(18-8-3-2-4-9-18)16-22(27)23-13-7-14-25-15-12-19-10-5-6-11-21(19)25/h2-6,8-12,15,20H,7,13-14,16H2,1H3,(H,23,27)(H,24,26)/t20-/m1/s1. The number of nitrogens with one attached hydrogen (secondary N) is 2. The van der Waals surface area contributed by atoms with E-state index in [0.717, 1.165) is 18.5 Å². The molecule has 0 fully saturated rings. The third-order valence-electron chi connectivity index (χ3n) is 4.55. The monoisotopic (exact) mass is 363 g/mol. The van der Waals surface area contributed by atoms with Crippen LogP contribution < -0.4 is 10.6 Å². The van der Waals surface area contributed by atoms with Crippen LogP contribution in [-0.2, 0) is 16.1 Å². The molecule has 0 spiro atoms. The van der Waals surface area contributed by atoms with Crippen molar-refractivity contribution in [3.63, 3.8) is 0 Å². The smallest absolute Gasteiger partial charge is 0.222 e. The van der Waals surface area contributed by atoms with Crippen LogP contribution in [-0.4, -0.2) is 22.9 Å². The Morgan fingerprint density at radius 3 is 2.52 bits per heavy atom. The fourth-order valence-corrected chi connectivity index (χ4v) is 3.25. The van der Waals surface area contributed by atoms with Gasteiger partial charge in [0.25, 0.3) is 0 Å². The number of benzene rings is 2. The summed E-state index contributed by atoms with van der Waals surface area (Å²) in [5.74, 6) is -0.203. The highest BCUT2D eigenvalue weighted by molar-refractivity contribution is 5.80. The van der Waals surface area contributed by atoms with Crippen LogP contribution in [0.2, 0.25) is 0 Å². The molecule has 0 bridgehead atoms. The molecule has 0 unspecified atom stereocenters. The summed E-state index contributed by atoms with van der Waals surface area (Å²) in [6.07, 6.45) is 3.16. The quantitative estimate of drug-likeness (QED) is 0.603. The number of aryl methyl sites for hydroxylation is 1. The van der Waals surface area contributed by atoms with Crippen LogP contribution in [0, 0.1) is 0 Å². The van der Waals surface area contributed by atoms with Gasteiger partial charge in [0.2, 0.25) is 11.8 Å². The number of aromatic nitrogens is 1. The molecule has 0 aliphatic rings. The largest absolute Gasteiger partial charge is 0.356 e. The second kappa shape index (κ2) is 9.03. The van der Waals surface area contributed by atoms with Gasteiger partial charge in [0.1, 0.15) is 0 Å². The maximum absolute atomic E-state index is 12.3. The second-order valence-electron chi connectivity index (χ2n) is 6.64. The molecule has 2 aromatic carbocycles. The Kier molecular flexibility index (Phi) is 6.26. The fraction of sp³-hybridized carbons (Fsp3) is 0.273. The van der Waals surface area contributed by atoms with Gasteiger partial charge in [0.05, 0.1) is 12.5 Å². The van der Waals surface area contributed by atoms with E-state index in [-0.39, 0.29) is 24.3 Å². The lowest BCUT2D eigenvalue weighted by molar-refractivity contribution is -0.122. The number of carbonyl (C=O) groups excluding carboxylic acids is 2. The van der Waals surface area contributed by atoms with Crippen LogP contribution in [0.1, 0.15) is 31.4 Å². The lowest BCUT2D eigenvalue weighted by atomic mass is 10.0. The van der Waals surface area contributed by atoms with Gasteiger partial charge in [-0.2, -0.15) is 0 Å². The van der Waals surface area contributed by atoms with Gasteiger partial charge < -0.3 is 15.2 Å². The summed E-state index contributed by atoms with van der Waals surface area (Å²) in [7, 11) is 0. The molecular formula is C22H25N3O2. The molecule has 0 saturated carbocycles. The normalized spacial score (nSPS) is 11.9. The van der Waals surface area contributed by atoms with Crippen molar-refractivity contribution >= 4 is 22.7 Å². The van der Waals surface area contributed by atoms with Crippen molar-refractivity contribution < 1.29 is 9.59 Å². The van der Waals surface area contributed by atoms with Crippen molar-refractivity contribution in [1.29, 1.82) is 0 Å². The van der Waals surface area contributed by atoms with E-state index >= 15 is 0 Å². The molecule has 1 heterocycles.